The summed E-state index contributed by atoms with van der Waals surface area (Å²) < 4.78 is 12.9. The number of para-hydroxylation sites is 1. The van der Waals surface area contributed by atoms with E-state index < -0.39 is 11.9 Å². The van der Waals surface area contributed by atoms with E-state index in [9.17, 15) is 9.18 Å². The molecule has 0 aliphatic rings. The van der Waals surface area contributed by atoms with Gasteiger partial charge in [-0.3, -0.25) is 9.89 Å². The zero-order chi connectivity index (χ0) is 13.2. The molecule has 3 aromatic rings. The van der Waals surface area contributed by atoms with Crippen LogP contribution in [0.3, 0.4) is 0 Å². The van der Waals surface area contributed by atoms with Crippen LogP contribution in [0.2, 0.25) is 0 Å². The molecule has 0 aliphatic carbocycles. The Morgan fingerprint density at radius 2 is 2.00 bits per heavy atom. The van der Waals surface area contributed by atoms with Gasteiger partial charge in [-0.1, -0.05) is 24.3 Å². The Labute approximate surface area is 107 Å². The van der Waals surface area contributed by atoms with Crippen LogP contribution in [0.15, 0.2) is 42.5 Å². The predicted octanol–water partition coefficient (Wildman–Crippen LogP) is 2.35. The lowest BCUT2D eigenvalue weighted by Gasteiger charge is -2.02. The van der Waals surface area contributed by atoms with Crippen molar-refractivity contribution in [1.82, 2.24) is 15.2 Å². The number of hydrogen-bond acceptors (Lipinski definition) is 3. The number of H-pyrrole nitrogens is 1. The van der Waals surface area contributed by atoms with Gasteiger partial charge in [0.05, 0.1) is 5.52 Å². The molecule has 0 aliphatic heterocycles. The van der Waals surface area contributed by atoms with Crippen molar-refractivity contribution >= 4 is 22.6 Å². The first-order chi connectivity index (χ1) is 9.24. The summed E-state index contributed by atoms with van der Waals surface area (Å²) >= 11 is 0. The molecule has 0 spiro atoms. The van der Waals surface area contributed by atoms with E-state index in [2.05, 4.69) is 20.5 Å². The summed E-state index contributed by atoms with van der Waals surface area (Å²) in [6, 6.07) is 11.5. The third-order valence-electron chi connectivity index (χ3n) is 2.64. The zero-order valence-electron chi connectivity index (χ0n) is 9.72. The van der Waals surface area contributed by atoms with Gasteiger partial charge in [-0.15, -0.1) is 0 Å². The summed E-state index contributed by atoms with van der Waals surface area (Å²) in [6.45, 7) is 0. The largest absolute Gasteiger partial charge is 0.305 e. The predicted molar refractivity (Wildman–Crippen MR) is 68.2 cm³/mol. The number of anilines is 1. The number of benzene rings is 1. The Bertz CT molecular complexity index is 753. The summed E-state index contributed by atoms with van der Waals surface area (Å²) in [4.78, 5) is 15.6. The lowest BCUT2D eigenvalue weighted by atomic mass is 10.2. The molecule has 0 atom stereocenters. The molecule has 2 N–H and O–H groups in total. The van der Waals surface area contributed by atoms with Crippen molar-refractivity contribution in [2.75, 3.05) is 5.32 Å². The first-order valence-electron chi connectivity index (χ1n) is 5.61. The Kier molecular flexibility index (Phi) is 2.68. The van der Waals surface area contributed by atoms with Gasteiger partial charge in [-0.05, 0) is 18.2 Å². The highest BCUT2D eigenvalue weighted by atomic mass is 19.1. The lowest BCUT2D eigenvalue weighted by molar-refractivity contribution is 0.102. The number of amides is 1. The first kappa shape index (κ1) is 11.3. The first-order valence-corrected chi connectivity index (χ1v) is 5.61. The number of aromatic nitrogens is 3. The number of aromatic amines is 1. The topological polar surface area (TPSA) is 70.7 Å². The highest BCUT2D eigenvalue weighted by Crippen LogP contribution is 2.16. The molecule has 0 bridgehead atoms. The Morgan fingerprint density at radius 1 is 1.16 bits per heavy atom. The summed E-state index contributed by atoms with van der Waals surface area (Å²) in [5.41, 5.74) is 1.02. The van der Waals surface area contributed by atoms with Crippen molar-refractivity contribution in [3.63, 3.8) is 0 Å². The highest BCUT2D eigenvalue weighted by Gasteiger charge is 2.14. The summed E-state index contributed by atoms with van der Waals surface area (Å²) in [5, 5.41) is 9.93. The second-order valence-corrected chi connectivity index (χ2v) is 3.92. The summed E-state index contributed by atoms with van der Waals surface area (Å²) in [7, 11) is 0. The number of rotatable bonds is 2. The minimum atomic E-state index is -0.648. The molecule has 6 heteroatoms. The van der Waals surface area contributed by atoms with Crippen LogP contribution in [0.4, 0.5) is 10.2 Å². The van der Waals surface area contributed by atoms with Crippen LogP contribution in [0.5, 0.6) is 0 Å². The average molecular weight is 256 g/mol. The molecule has 0 saturated carbocycles. The Hall–Kier alpha value is -2.76. The normalized spacial score (nSPS) is 10.6. The maximum absolute atomic E-state index is 12.9. The van der Waals surface area contributed by atoms with Crippen molar-refractivity contribution in [2.24, 2.45) is 0 Å². The van der Waals surface area contributed by atoms with Crippen LogP contribution >= 0.6 is 0 Å². The second kappa shape index (κ2) is 4.49. The van der Waals surface area contributed by atoms with Gasteiger partial charge in [-0.2, -0.15) is 9.49 Å². The maximum Gasteiger partial charge on any atom is 0.277 e. The number of carbonyl (C=O) groups is 1. The fraction of sp³-hybridized carbons (Fsp3) is 0. The van der Waals surface area contributed by atoms with E-state index in [1.165, 1.54) is 18.2 Å². The Morgan fingerprint density at radius 3 is 2.84 bits per heavy atom. The molecule has 3 rings (SSSR count). The van der Waals surface area contributed by atoms with Crippen molar-refractivity contribution in [1.29, 1.82) is 0 Å². The van der Waals surface area contributed by atoms with Crippen LogP contribution in [0.1, 0.15) is 10.5 Å². The zero-order valence-corrected chi connectivity index (χ0v) is 9.72. The van der Waals surface area contributed by atoms with Crippen LogP contribution in [-0.2, 0) is 0 Å². The van der Waals surface area contributed by atoms with Gasteiger partial charge in [-0.25, -0.2) is 4.98 Å². The molecule has 0 fully saturated rings. The lowest BCUT2D eigenvalue weighted by Crippen LogP contribution is -2.14. The van der Waals surface area contributed by atoms with Crippen molar-refractivity contribution in [3.05, 3.63) is 54.1 Å². The summed E-state index contributed by atoms with van der Waals surface area (Å²) in [6.07, 6.45) is 0. The fourth-order valence-electron chi connectivity index (χ4n) is 1.79. The smallest absolute Gasteiger partial charge is 0.277 e. The van der Waals surface area contributed by atoms with Gasteiger partial charge >= 0.3 is 0 Å². The van der Waals surface area contributed by atoms with E-state index in [-0.39, 0.29) is 11.5 Å². The van der Waals surface area contributed by atoms with Crippen LogP contribution < -0.4 is 5.32 Å². The third-order valence-corrected chi connectivity index (χ3v) is 2.64. The third kappa shape index (κ3) is 2.15. The molecular weight excluding hydrogens is 247 g/mol. The molecule has 19 heavy (non-hydrogen) atoms. The monoisotopic (exact) mass is 256 g/mol. The molecule has 2 heterocycles. The number of halogens is 1. The van der Waals surface area contributed by atoms with Crippen LogP contribution in [0, 0.1) is 5.95 Å². The van der Waals surface area contributed by atoms with E-state index in [4.69, 9.17) is 0 Å². The van der Waals surface area contributed by atoms with Crippen molar-refractivity contribution in [3.8, 4) is 0 Å². The Balaban J connectivity index is 1.92. The molecule has 94 valence electrons. The van der Waals surface area contributed by atoms with Gasteiger partial charge in [0, 0.05) is 5.39 Å². The molecule has 0 radical (unpaired) electrons. The molecule has 2 aromatic heterocycles. The van der Waals surface area contributed by atoms with Crippen LogP contribution in [0.25, 0.3) is 10.9 Å². The van der Waals surface area contributed by atoms with Gasteiger partial charge in [0.15, 0.2) is 5.69 Å². The molecular formula is C13H9FN4O. The van der Waals surface area contributed by atoms with Gasteiger partial charge < -0.3 is 5.32 Å². The van der Waals surface area contributed by atoms with E-state index in [0.29, 0.717) is 5.39 Å². The summed E-state index contributed by atoms with van der Waals surface area (Å²) in [5.74, 6) is -0.933. The number of fused-ring (bicyclic) bond motifs is 1. The van der Waals surface area contributed by atoms with E-state index in [0.717, 1.165) is 5.52 Å². The molecule has 1 aromatic carbocycles. The standard InChI is InChI=1S/C13H9FN4O/c14-10-6-3-7-11(15-10)16-13(19)12-8-4-1-2-5-9(8)17-18-12/h1-7H,(H,17,18)(H,15,16,19). The highest BCUT2D eigenvalue weighted by molar-refractivity contribution is 6.10. The number of nitrogens with one attached hydrogen (secondary N) is 2. The second-order valence-electron chi connectivity index (χ2n) is 3.92. The van der Waals surface area contributed by atoms with E-state index in [1.54, 1.807) is 6.07 Å². The SMILES string of the molecule is O=C(Nc1cccc(F)n1)c1n[nH]c2ccccc12. The molecule has 5 nitrogen and oxygen atoms in total. The van der Waals surface area contributed by atoms with Gasteiger partial charge in [0.2, 0.25) is 5.95 Å². The maximum atomic E-state index is 12.9. The van der Waals surface area contributed by atoms with Gasteiger partial charge in [0.1, 0.15) is 5.82 Å². The van der Waals surface area contributed by atoms with E-state index in [1.807, 2.05) is 18.2 Å². The average Bonchev–Trinajstić information content (AvgIpc) is 2.82. The minimum Gasteiger partial charge on any atom is -0.305 e. The quantitative estimate of drug-likeness (QED) is 0.691. The van der Waals surface area contributed by atoms with Gasteiger partial charge in [0.25, 0.3) is 5.91 Å². The molecule has 0 unspecified atom stereocenters. The number of carbonyl (C=O) groups excluding carboxylic acids is 1. The molecule has 1 amide bonds. The van der Waals surface area contributed by atoms with Crippen molar-refractivity contribution in [2.45, 2.75) is 0 Å². The van der Waals surface area contributed by atoms with Crippen molar-refractivity contribution < 1.29 is 9.18 Å². The minimum absolute atomic E-state index is 0.150. The number of nitrogens with zero attached hydrogens (tertiary/aromatic N) is 2. The number of hydrogen-bond donors (Lipinski definition) is 2. The van der Waals surface area contributed by atoms with Crippen LogP contribution in [-0.4, -0.2) is 21.1 Å². The fourth-order valence-corrected chi connectivity index (χ4v) is 1.79. The number of pyridine rings is 1. The van der Waals surface area contributed by atoms with E-state index >= 15 is 0 Å². The molecule has 0 saturated heterocycles.